The molecule has 0 aliphatic heterocycles. The minimum absolute atomic E-state index is 0.0347. The van der Waals surface area contributed by atoms with Crippen LogP contribution in [0.2, 0.25) is 0 Å². The van der Waals surface area contributed by atoms with E-state index in [1.165, 1.54) is 0 Å². The Morgan fingerprint density at radius 1 is 1.47 bits per heavy atom. The maximum atomic E-state index is 9.01. The molecule has 1 aromatic heterocycles. The summed E-state index contributed by atoms with van der Waals surface area (Å²) in [4.78, 5) is 7.23. The Morgan fingerprint density at radius 3 is 3.00 bits per heavy atom. The zero-order valence-electron chi connectivity index (χ0n) is 10.1. The molecule has 1 atom stereocenters. The van der Waals surface area contributed by atoms with Crippen LogP contribution in [0.3, 0.4) is 0 Å². The molecule has 2 N–H and O–H groups in total. The molecule has 2 rings (SSSR count). The Morgan fingerprint density at radius 2 is 2.29 bits per heavy atom. The number of nitrogens with zero attached hydrogens (tertiary/aromatic N) is 2. The first-order valence-corrected chi connectivity index (χ1v) is 5.77. The fraction of sp³-hybridized carbons (Fsp3) is 0.385. The topological polar surface area (TPSA) is 64.5 Å². The lowest BCUT2D eigenvalue weighted by Gasteiger charge is -2.14. The minimum Gasteiger partial charge on any atom is -0.384 e. The molecule has 17 heavy (non-hydrogen) atoms. The van der Waals surface area contributed by atoms with Crippen molar-refractivity contribution in [2.24, 2.45) is 11.8 Å². The number of imidazole rings is 1. The maximum Gasteiger partial charge on any atom is 0.0931 e. The number of H-pyrrole nitrogens is 1. The monoisotopic (exact) mass is 228 g/mol. The lowest BCUT2D eigenvalue weighted by Crippen LogP contribution is -2.17. The molecule has 0 radical (unpaired) electrons. The molecule has 0 aliphatic carbocycles. The van der Waals surface area contributed by atoms with Crippen LogP contribution in [0.5, 0.6) is 0 Å². The Hall–Kier alpha value is -2.02. The Kier molecular flexibility index (Phi) is 3.29. The molecule has 0 bridgehead atoms. The largest absolute Gasteiger partial charge is 0.384 e. The zero-order chi connectivity index (χ0) is 12.3. The molecule has 1 unspecified atom stereocenters. The highest BCUT2D eigenvalue weighted by Gasteiger charge is 2.11. The maximum absolute atomic E-state index is 9.01. The highest BCUT2D eigenvalue weighted by Crippen LogP contribution is 2.17. The molecule has 0 aliphatic rings. The molecule has 0 saturated carbocycles. The van der Waals surface area contributed by atoms with Crippen molar-refractivity contribution in [3.8, 4) is 6.07 Å². The number of anilines is 1. The molecule has 0 amide bonds. The van der Waals surface area contributed by atoms with E-state index < -0.39 is 0 Å². The number of rotatable bonds is 4. The van der Waals surface area contributed by atoms with E-state index in [2.05, 4.69) is 35.2 Å². The number of benzene rings is 1. The van der Waals surface area contributed by atoms with Gasteiger partial charge < -0.3 is 10.3 Å². The number of nitrogens with one attached hydrogen (secondary N) is 2. The van der Waals surface area contributed by atoms with E-state index in [0.717, 1.165) is 16.7 Å². The molecule has 0 spiro atoms. The van der Waals surface area contributed by atoms with Crippen LogP contribution in [-0.2, 0) is 0 Å². The predicted molar refractivity (Wildman–Crippen MR) is 68.5 cm³/mol. The van der Waals surface area contributed by atoms with Crippen molar-refractivity contribution in [2.75, 3.05) is 11.9 Å². The summed E-state index contributed by atoms with van der Waals surface area (Å²) in [6.07, 6.45) is 1.68. The highest BCUT2D eigenvalue weighted by molar-refractivity contribution is 5.78. The second-order valence-corrected chi connectivity index (χ2v) is 4.49. The summed E-state index contributed by atoms with van der Waals surface area (Å²) in [6, 6.07) is 8.28. The van der Waals surface area contributed by atoms with Gasteiger partial charge in [-0.05, 0) is 24.1 Å². The van der Waals surface area contributed by atoms with Gasteiger partial charge in [-0.1, -0.05) is 13.8 Å². The Balaban J connectivity index is 2.06. The van der Waals surface area contributed by atoms with E-state index >= 15 is 0 Å². The molecule has 0 fully saturated rings. The fourth-order valence-corrected chi connectivity index (χ4v) is 1.70. The third kappa shape index (κ3) is 2.56. The van der Waals surface area contributed by atoms with Gasteiger partial charge in [-0.25, -0.2) is 4.98 Å². The van der Waals surface area contributed by atoms with Crippen LogP contribution in [0, 0.1) is 23.2 Å². The van der Waals surface area contributed by atoms with Crippen molar-refractivity contribution in [3.63, 3.8) is 0 Å². The van der Waals surface area contributed by atoms with Crippen molar-refractivity contribution in [2.45, 2.75) is 13.8 Å². The number of nitriles is 1. The summed E-state index contributed by atoms with van der Waals surface area (Å²) in [5.41, 5.74) is 2.98. The third-order valence-electron chi connectivity index (χ3n) is 2.92. The molecule has 1 heterocycles. The summed E-state index contributed by atoms with van der Waals surface area (Å²) in [6.45, 7) is 4.80. The molecule has 4 nitrogen and oxygen atoms in total. The molecule has 2 aromatic rings. The summed E-state index contributed by atoms with van der Waals surface area (Å²) in [5, 5.41) is 12.3. The van der Waals surface area contributed by atoms with Gasteiger partial charge in [0.2, 0.25) is 0 Å². The molecule has 1 aromatic carbocycles. The van der Waals surface area contributed by atoms with Gasteiger partial charge in [-0.3, -0.25) is 0 Å². The van der Waals surface area contributed by atoms with Crippen molar-refractivity contribution in [1.29, 1.82) is 5.26 Å². The van der Waals surface area contributed by atoms with Crippen LogP contribution in [-0.4, -0.2) is 16.5 Å². The van der Waals surface area contributed by atoms with E-state index in [-0.39, 0.29) is 5.92 Å². The summed E-state index contributed by atoms with van der Waals surface area (Å²) in [5.74, 6) is 0.399. The lowest BCUT2D eigenvalue weighted by atomic mass is 9.97. The highest BCUT2D eigenvalue weighted by atomic mass is 14.9. The summed E-state index contributed by atoms with van der Waals surface area (Å²) >= 11 is 0. The van der Waals surface area contributed by atoms with E-state index in [4.69, 9.17) is 5.26 Å². The summed E-state index contributed by atoms with van der Waals surface area (Å²) < 4.78 is 0. The van der Waals surface area contributed by atoms with Crippen LogP contribution in [0.4, 0.5) is 5.69 Å². The Labute approximate surface area is 101 Å². The van der Waals surface area contributed by atoms with E-state index in [1.807, 2.05) is 18.2 Å². The van der Waals surface area contributed by atoms with Gasteiger partial charge in [-0.2, -0.15) is 5.26 Å². The molecule has 88 valence electrons. The van der Waals surface area contributed by atoms with Crippen molar-refractivity contribution < 1.29 is 0 Å². The summed E-state index contributed by atoms with van der Waals surface area (Å²) in [7, 11) is 0. The van der Waals surface area contributed by atoms with Crippen LogP contribution in [0.15, 0.2) is 24.5 Å². The number of fused-ring (bicyclic) bond motifs is 1. The van der Waals surface area contributed by atoms with E-state index in [9.17, 15) is 0 Å². The first-order chi connectivity index (χ1) is 8.20. The van der Waals surface area contributed by atoms with Crippen LogP contribution in [0.25, 0.3) is 11.0 Å². The van der Waals surface area contributed by atoms with Gasteiger partial charge in [0.25, 0.3) is 0 Å². The van der Waals surface area contributed by atoms with E-state index in [1.54, 1.807) is 6.33 Å². The van der Waals surface area contributed by atoms with Crippen LogP contribution >= 0.6 is 0 Å². The van der Waals surface area contributed by atoms with Crippen LogP contribution < -0.4 is 5.32 Å². The van der Waals surface area contributed by atoms with Gasteiger partial charge in [0, 0.05) is 12.2 Å². The third-order valence-corrected chi connectivity index (χ3v) is 2.92. The van der Waals surface area contributed by atoms with Crippen molar-refractivity contribution in [3.05, 3.63) is 24.5 Å². The number of aromatic amines is 1. The van der Waals surface area contributed by atoms with Crippen molar-refractivity contribution >= 4 is 16.7 Å². The van der Waals surface area contributed by atoms with E-state index in [0.29, 0.717) is 12.5 Å². The number of hydrogen-bond donors (Lipinski definition) is 2. The van der Waals surface area contributed by atoms with Gasteiger partial charge >= 0.3 is 0 Å². The average molecular weight is 228 g/mol. The Bertz CT molecular complexity index is 536. The zero-order valence-corrected chi connectivity index (χ0v) is 10.1. The first kappa shape index (κ1) is 11.5. The number of aromatic nitrogens is 2. The molecular formula is C13H16N4. The number of hydrogen-bond acceptors (Lipinski definition) is 3. The average Bonchev–Trinajstić information content (AvgIpc) is 2.76. The fourth-order valence-electron chi connectivity index (χ4n) is 1.70. The lowest BCUT2D eigenvalue weighted by molar-refractivity contribution is 0.496. The quantitative estimate of drug-likeness (QED) is 0.845. The SMILES string of the molecule is CC(C)C(C#N)CNc1ccc2nc[nH]c2c1. The minimum atomic E-state index is 0.0347. The van der Waals surface area contributed by atoms with Gasteiger partial charge in [-0.15, -0.1) is 0 Å². The van der Waals surface area contributed by atoms with Crippen molar-refractivity contribution in [1.82, 2.24) is 9.97 Å². The molecule has 4 heteroatoms. The second kappa shape index (κ2) is 4.88. The predicted octanol–water partition coefficient (Wildman–Crippen LogP) is 2.77. The normalized spacial score (nSPS) is 12.6. The standard InChI is InChI=1S/C13H16N4/c1-9(2)10(6-14)7-15-11-3-4-12-13(5-11)17-8-16-12/h3-5,8-10,15H,7H2,1-2H3,(H,16,17). The first-order valence-electron chi connectivity index (χ1n) is 5.77. The van der Waals surface area contributed by atoms with Gasteiger partial charge in [0.1, 0.15) is 0 Å². The van der Waals surface area contributed by atoms with Gasteiger partial charge in [0.05, 0.1) is 29.3 Å². The molecule has 0 saturated heterocycles. The smallest absolute Gasteiger partial charge is 0.0931 e. The van der Waals surface area contributed by atoms with Gasteiger partial charge in [0.15, 0.2) is 0 Å². The second-order valence-electron chi connectivity index (χ2n) is 4.49. The van der Waals surface area contributed by atoms with Crippen LogP contribution in [0.1, 0.15) is 13.8 Å². The molecular weight excluding hydrogens is 212 g/mol.